The summed E-state index contributed by atoms with van der Waals surface area (Å²) >= 11 is 0. The molecule has 35 heavy (non-hydrogen) atoms. The number of hydrogen-bond acceptors (Lipinski definition) is 3. The summed E-state index contributed by atoms with van der Waals surface area (Å²) in [6.07, 6.45) is -0.0610. The highest BCUT2D eigenvalue weighted by molar-refractivity contribution is 5.96. The fourth-order valence-corrected chi connectivity index (χ4v) is 3.68. The number of nitrogens with one attached hydrogen (secondary N) is 2. The Kier molecular flexibility index (Phi) is 7.30. The van der Waals surface area contributed by atoms with E-state index in [1.807, 2.05) is 37.3 Å². The highest BCUT2D eigenvalue weighted by Gasteiger charge is 2.20. The molecule has 0 radical (unpaired) electrons. The Hall–Kier alpha value is -4.33. The molecule has 0 aliphatic heterocycles. The predicted octanol–water partition coefficient (Wildman–Crippen LogP) is 5.16. The number of aryl methyl sites for hydroxylation is 1. The summed E-state index contributed by atoms with van der Waals surface area (Å²) in [7, 11) is 0. The van der Waals surface area contributed by atoms with Crippen molar-refractivity contribution in [3.8, 4) is 16.8 Å². The zero-order valence-electron chi connectivity index (χ0n) is 19.1. The summed E-state index contributed by atoms with van der Waals surface area (Å²) in [6, 6.07) is 21.1. The number of carbonyl (C=O) groups is 2. The standard InChI is InChI=1S/C27H24F2N4O2/c1-18-26(20-5-3-2-4-6-20)27(33(32-18)23-13-11-22(29)12-14-23)31-25(35)16-15-24(34)30-17-19-7-9-21(28)10-8-19/h2-14H,15-17H2,1H3,(H,30,34)(H,31,35). The van der Waals surface area contributed by atoms with Crippen LogP contribution < -0.4 is 10.6 Å². The predicted molar refractivity (Wildman–Crippen MR) is 130 cm³/mol. The lowest BCUT2D eigenvalue weighted by Gasteiger charge is -2.12. The van der Waals surface area contributed by atoms with Crippen LogP contribution in [0.3, 0.4) is 0 Å². The van der Waals surface area contributed by atoms with Crippen LogP contribution in [0.4, 0.5) is 14.6 Å². The average Bonchev–Trinajstić information content (AvgIpc) is 3.18. The van der Waals surface area contributed by atoms with Crippen molar-refractivity contribution in [2.75, 3.05) is 5.32 Å². The highest BCUT2D eigenvalue weighted by atomic mass is 19.1. The summed E-state index contributed by atoms with van der Waals surface area (Å²) in [5, 5.41) is 10.2. The van der Waals surface area contributed by atoms with Gasteiger partial charge in [0, 0.05) is 24.9 Å². The zero-order valence-corrected chi connectivity index (χ0v) is 19.1. The SMILES string of the molecule is Cc1nn(-c2ccc(F)cc2)c(NC(=O)CCC(=O)NCc2ccc(F)cc2)c1-c1ccccc1. The van der Waals surface area contributed by atoms with Gasteiger partial charge in [0.2, 0.25) is 11.8 Å². The Morgan fingerprint density at radius 1 is 0.829 bits per heavy atom. The molecule has 178 valence electrons. The van der Waals surface area contributed by atoms with E-state index in [1.165, 1.54) is 24.3 Å². The molecule has 0 bridgehead atoms. The van der Waals surface area contributed by atoms with Crippen molar-refractivity contribution < 1.29 is 18.4 Å². The van der Waals surface area contributed by atoms with Gasteiger partial charge in [-0.1, -0.05) is 42.5 Å². The third-order valence-electron chi connectivity index (χ3n) is 5.43. The number of carbonyl (C=O) groups excluding carboxylic acids is 2. The average molecular weight is 475 g/mol. The van der Waals surface area contributed by atoms with Gasteiger partial charge in [-0.25, -0.2) is 13.5 Å². The van der Waals surface area contributed by atoms with Gasteiger partial charge in [-0.3, -0.25) is 9.59 Å². The molecule has 0 spiro atoms. The monoisotopic (exact) mass is 474 g/mol. The molecule has 1 heterocycles. The molecule has 0 aliphatic carbocycles. The third kappa shape index (κ3) is 5.97. The van der Waals surface area contributed by atoms with E-state index in [0.29, 0.717) is 17.2 Å². The van der Waals surface area contributed by atoms with E-state index in [0.717, 1.165) is 16.7 Å². The van der Waals surface area contributed by atoms with Crippen LogP contribution in [0.25, 0.3) is 16.8 Å². The van der Waals surface area contributed by atoms with Gasteiger partial charge in [-0.15, -0.1) is 0 Å². The van der Waals surface area contributed by atoms with Gasteiger partial charge in [0.15, 0.2) is 0 Å². The molecule has 0 saturated carbocycles. The van der Waals surface area contributed by atoms with E-state index in [1.54, 1.807) is 28.9 Å². The topological polar surface area (TPSA) is 76.0 Å². The molecule has 0 aliphatic rings. The molecular formula is C27H24F2N4O2. The van der Waals surface area contributed by atoms with Gasteiger partial charge in [-0.2, -0.15) is 5.10 Å². The minimum Gasteiger partial charge on any atom is -0.352 e. The normalized spacial score (nSPS) is 10.7. The summed E-state index contributed by atoms with van der Waals surface area (Å²) in [5.41, 5.74) is 3.64. The molecule has 3 aromatic carbocycles. The molecule has 1 aromatic heterocycles. The van der Waals surface area contributed by atoms with Crippen LogP contribution in [0.2, 0.25) is 0 Å². The van der Waals surface area contributed by atoms with E-state index in [9.17, 15) is 18.4 Å². The number of anilines is 1. The van der Waals surface area contributed by atoms with Crippen molar-refractivity contribution in [2.45, 2.75) is 26.3 Å². The summed E-state index contributed by atoms with van der Waals surface area (Å²) in [6.45, 7) is 2.08. The fraction of sp³-hybridized carbons (Fsp3) is 0.148. The molecule has 0 saturated heterocycles. The molecule has 2 amide bonds. The minimum absolute atomic E-state index is 0.0165. The summed E-state index contributed by atoms with van der Waals surface area (Å²) < 4.78 is 28.0. The van der Waals surface area contributed by atoms with E-state index < -0.39 is 0 Å². The van der Waals surface area contributed by atoms with E-state index >= 15 is 0 Å². The molecule has 8 heteroatoms. The van der Waals surface area contributed by atoms with Gasteiger partial charge in [0.25, 0.3) is 0 Å². The second kappa shape index (κ2) is 10.7. The second-order valence-corrected chi connectivity index (χ2v) is 8.01. The van der Waals surface area contributed by atoms with Crippen molar-refractivity contribution in [1.29, 1.82) is 0 Å². The van der Waals surface area contributed by atoms with Crippen LogP contribution in [0.1, 0.15) is 24.1 Å². The lowest BCUT2D eigenvalue weighted by molar-refractivity contribution is -0.124. The van der Waals surface area contributed by atoms with Crippen LogP contribution in [0.15, 0.2) is 78.9 Å². The van der Waals surface area contributed by atoms with Gasteiger partial charge in [-0.05, 0) is 54.4 Å². The lowest BCUT2D eigenvalue weighted by Crippen LogP contribution is -2.24. The Bertz CT molecular complexity index is 1320. The fourth-order valence-electron chi connectivity index (χ4n) is 3.68. The van der Waals surface area contributed by atoms with Gasteiger partial charge < -0.3 is 10.6 Å². The largest absolute Gasteiger partial charge is 0.352 e. The summed E-state index contributed by atoms with van der Waals surface area (Å²) in [4.78, 5) is 25.1. The first-order valence-electron chi connectivity index (χ1n) is 11.1. The van der Waals surface area contributed by atoms with Gasteiger partial charge in [0.1, 0.15) is 17.5 Å². The first-order chi connectivity index (χ1) is 16.9. The number of hydrogen-bond donors (Lipinski definition) is 2. The minimum atomic E-state index is -0.377. The van der Waals surface area contributed by atoms with Crippen molar-refractivity contribution in [2.24, 2.45) is 0 Å². The molecular weight excluding hydrogens is 450 g/mol. The van der Waals surface area contributed by atoms with Crippen LogP contribution in [-0.4, -0.2) is 21.6 Å². The Balaban J connectivity index is 1.48. The quantitative estimate of drug-likeness (QED) is 0.370. The zero-order chi connectivity index (χ0) is 24.8. The number of nitrogens with zero attached hydrogens (tertiary/aromatic N) is 2. The lowest BCUT2D eigenvalue weighted by atomic mass is 10.1. The van der Waals surface area contributed by atoms with Crippen molar-refractivity contribution in [1.82, 2.24) is 15.1 Å². The maximum Gasteiger partial charge on any atom is 0.226 e. The Labute approximate surface area is 201 Å². The van der Waals surface area contributed by atoms with Crippen LogP contribution >= 0.6 is 0 Å². The smallest absolute Gasteiger partial charge is 0.226 e. The number of benzene rings is 3. The van der Waals surface area contributed by atoms with Crippen molar-refractivity contribution >= 4 is 17.6 Å². The summed E-state index contributed by atoms with van der Waals surface area (Å²) in [5.74, 6) is -0.935. The van der Waals surface area contributed by atoms with Crippen LogP contribution in [-0.2, 0) is 16.1 Å². The third-order valence-corrected chi connectivity index (χ3v) is 5.43. The molecule has 2 N–H and O–H groups in total. The highest BCUT2D eigenvalue weighted by Crippen LogP contribution is 2.33. The molecule has 0 atom stereocenters. The van der Waals surface area contributed by atoms with Crippen LogP contribution in [0.5, 0.6) is 0 Å². The maximum absolute atomic E-state index is 13.5. The molecule has 4 aromatic rings. The van der Waals surface area contributed by atoms with E-state index in [-0.39, 0.29) is 42.8 Å². The van der Waals surface area contributed by atoms with Gasteiger partial charge in [0.05, 0.1) is 11.4 Å². The molecule has 4 rings (SSSR count). The van der Waals surface area contributed by atoms with Gasteiger partial charge >= 0.3 is 0 Å². The second-order valence-electron chi connectivity index (χ2n) is 8.01. The van der Waals surface area contributed by atoms with Crippen molar-refractivity contribution in [3.63, 3.8) is 0 Å². The Morgan fingerprint density at radius 3 is 2.09 bits per heavy atom. The first kappa shape index (κ1) is 23.8. The molecule has 0 unspecified atom stereocenters. The maximum atomic E-state index is 13.5. The number of aromatic nitrogens is 2. The number of rotatable bonds is 8. The van der Waals surface area contributed by atoms with E-state index in [4.69, 9.17) is 0 Å². The number of halogens is 2. The number of amides is 2. The first-order valence-corrected chi connectivity index (χ1v) is 11.1. The van der Waals surface area contributed by atoms with Crippen molar-refractivity contribution in [3.05, 3.63) is 102 Å². The van der Waals surface area contributed by atoms with Crippen LogP contribution in [0, 0.1) is 18.6 Å². The molecule has 0 fully saturated rings. The Morgan fingerprint density at radius 2 is 1.43 bits per heavy atom. The van der Waals surface area contributed by atoms with E-state index in [2.05, 4.69) is 15.7 Å². The molecule has 6 nitrogen and oxygen atoms in total.